The second-order valence-electron chi connectivity index (χ2n) is 4.48. The van der Waals surface area contributed by atoms with Gasteiger partial charge in [0.25, 0.3) is 0 Å². The van der Waals surface area contributed by atoms with E-state index >= 15 is 0 Å². The van der Waals surface area contributed by atoms with Crippen molar-refractivity contribution in [3.63, 3.8) is 0 Å². The number of nitrogens with one attached hydrogen (secondary N) is 2. The Hall–Kier alpha value is -1.46. The Morgan fingerprint density at radius 3 is 3.11 bits per heavy atom. The molecule has 2 atom stereocenters. The first-order chi connectivity index (χ1) is 8.70. The number of anilines is 1. The van der Waals surface area contributed by atoms with Gasteiger partial charge in [0, 0.05) is 23.6 Å². The van der Waals surface area contributed by atoms with Gasteiger partial charge in [0.1, 0.15) is 0 Å². The number of aryl methyl sites for hydroxylation is 1. The van der Waals surface area contributed by atoms with Gasteiger partial charge in [0.15, 0.2) is 0 Å². The van der Waals surface area contributed by atoms with E-state index in [1.54, 1.807) is 12.3 Å². The first-order valence-corrected chi connectivity index (χ1v) is 6.25. The quantitative estimate of drug-likeness (QED) is 0.834. The normalized spacial score (nSPS) is 23.0. The maximum Gasteiger partial charge on any atom is 0.231 e. The molecule has 0 aromatic carbocycles. The number of ether oxygens (including phenoxy) is 1. The fourth-order valence-electron chi connectivity index (χ4n) is 2.13. The van der Waals surface area contributed by atoms with Crippen molar-refractivity contribution in [1.82, 2.24) is 10.3 Å². The molecule has 5 heteroatoms. The smallest absolute Gasteiger partial charge is 0.231 e. The largest absolute Gasteiger partial charge is 0.379 e. The first-order valence-electron chi connectivity index (χ1n) is 6.25. The highest BCUT2D eigenvalue weighted by molar-refractivity contribution is 5.93. The molecule has 1 aliphatic heterocycles. The van der Waals surface area contributed by atoms with E-state index in [-0.39, 0.29) is 17.9 Å². The topological polar surface area (TPSA) is 63.2 Å². The molecule has 1 saturated heterocycles. The highest BCUT2D eigenvalue weighted by Crippen LogP contribution is 2.17. The molecule has 2 N–H and O–H groups in total. The number of hydrogen-bond donors (Lipinski definition) is 2. The van der Waals surface area contributed by atoms with Gasteiger partial charge >= 0.3 is 0 Å². The number of amides is 1. The van der Waals surface area contributed by atoms with Crippen LogP contribution in [0.5, 0.6) is 0 Å². The van der Waals surface area contributed by atoms with Gasteiger partial charge in [-0.3, -0.25) is 9.78 Å². The van der Waals surface area contributed by atoms with Crippen LogP contribution in [0.2, 0.25) is 0 Å². The van der Waals surface area contributed by atoms with Gasteiger partial charge in [-0.15, -0.1) is 0 Å². The van der Waals surface area contributed by atoms with Gasteiger partial charge in [-0.1, -0.05) is 6.92 Å². The summed E-state index contributed by atoms with van der Waals surface area (Å²) in [7, 11) is 0. The van der Waals surface area contributed by atoms with E-state index in [1.165, 1.54) is 0 Å². The van der Waals surface area contributed by atoms with E-state index in [9.17, 15) is 4.79 Å². The van der Waals surface area contributed by atoms with Crippen LogP contribution in [-0.2, 0) is 9.53 Å². The molecule has 2 rings (SSSR count). The van der Waals surface area contributed by atoms with Crippen molar-refractivity contribution in [3.8, 4) is 0 Å². The molecule has 1 fully saturated rings. The molecule has 5 nitrogen and oxygen atoms in total. The lowest BCUT2D eigenvalue weighted by Crippen LogP contribution is -2.41. The molecule has 98 valence electrons. The van der Waals surface area contributed by atoms with E-state index in [0.29, 0.717) is 13.2 Å². The monoisotopic (exact) mass is 249 g/mol. The Morgan fingerprint density at radius 2 is 2.39 bits per heavy atom. The molecule has 1 amide bonds. The summed E-state index contributed by atoms with van der Waals surface area (Å²) >= 11 is 0. The second-order valence-corrected chi connectivity index (χ2v) is 4.48. The summed E-state index contributed by atoms with van der Waals surface area (Å²) < 4.78 is 5.37. The summed E-state index contributed by atoms with van der Waals surface area (Å²) in [5.41, 5.74) is 1.67. The molecule has 1 aromatic rings. The Bertz CT molecular complexity index is 422. The van der Waals surface area contributed by atoms with Crippen LogP contribution in [0.3, 0.4) is 0 Å². The van der Waals surface area contributed by atoms with Gasteiger partial charge in [-0.25, -0.2) is 0 Å². The van der Waals surface area contributed by atoms with Crippen molar-refractivity contribution in [2.75, 3.05) is 25.1 Å². The molecule has 0 radical (unpaired) electrons. The minimum atomic E-state index is -0.126. The highest BCUT2D eigenvalue weighted by atomic mass is 16.5. The second kappa shape index (κ2) is 5.93. The molecule has 2 unspecified atom stereocenters. The fraction of sp³-hybridized carbons (Fsp3) is 0.538. The summed E-state index contributed by atoms with van der Waals surface area (Å²) in [5, 5.41) is 6.19. The number of aromatic nitrogens is 1. The van der Waals surface area contributed by atoms with E-state index in [0.717, 1.165) is 17.9 Å². The van der Waals surface area contributed by atoms with Crippen LogP contribution in [-0.4, -0.2) is 36.7 Å². The van der Waals surface area contributed by atoms with Crippen molar-refractivity contribution in [2.24, 2.45) is 5.92 Å². The number of rotatable bonds is 4. The van der Waals surface area contributed by atoms with Crippen LogP contribution in [0.1, 0.15) is 12.6 Å². The van der Waals surface area contributed by atoms with Gasteiger partial charge in [0.2, 0.25) is 5.91 Å². The van der Waals surface area contributed by atoms with Crippen LogP contribution in [0.15, 0.2) is 18.3 Å². The third-order valence-corrected chi connectivity index (χ3v) is 3.05. The van der Waals surface area contributed by atoms with Crippen molar-refractivity contribution in [2.45, 2.75) is 19.9 Å². The summed E-state index contributed by atoms with van der Waals surface area (Å²) in [6, 6.07) is 3.76. The standard InChI is InChI=1S/C13H19N3O2/c1-3-14-12-8-18-7-11(12)13(17)16-10-4-5-15-9(2)6-10/h4-6,11-12,14H,3,7-8H2,1-2H3,(H,15,16,17). The van der Waals surface area contributed by atoms with Crippen molar-refractivity contribution < 1.29 is 9.53 Å². The van der Waals surface area contributed by atoms with Crippen LogP contribution < -0.4 is 10.6 Å². The number of carbonyl (C=O) groups excluding carboxylic acids is 1. The molecule has 0 aliphatic carbocycles. The van der Waals surface area contributed by atoms with Gasteiger partial charge in [-0.05, 0) is 25.6 Å². The molecule has 2 heterocycles. The Morgan fingerprint density at radius 1 is 1.56 bits per heavy atom. The minimum Gasteiger partial charge on any atom is -0.379 e. The fourth-order valence-corrected chi connectivity index (χ4v) is 2.13. The summed E-state index contributed by atoms with van der Waals surface area (Å²) in [5.74, 6) is -0.123. The van der Waals surface area contributed by atoms with E-state index in [4.69, 9.17) is 4.74 Å². The Balaban J connectivity index is 1.99. The minimum absolute atomic E-state index is 0.00375. The van der Waals surface area contributed by atoms with E-state index in [2.05, 4.69) is 15.6 Å². The zero-order valence-corrected chi connectivity index (χ0v) is 10.8. The average molecular weight is 249 g/mol. The molecule has 1 aromatic heterocycles. The van der Waals surface area contributed by atoms with Crippen molar-refractivity contribution in [1.29, 1.82) is 0 Å². The van der Waals surface area contributed by atoms with Crippen LogP contribution in [0.25, 0.3) is 0 Å². The number of nitrogens with zero attached hydrogens (tertiary/aromatic N) is 1. The van der Waals surface area contributed by atoms with Crippen molar-refractivity contribution in [3.05, 3.63) is 24.0 Å². The number of hydrogen-bond acceptors (Lipinski definition) is 4. The van der Waals surface area contributed by atoms with Crippen LogP contribution >= 0.6 is 0 Å². The molecular formula is C13H19N3O2. The number of carbonyl (C=O) groups is 1. The molecular weight excluding hydrogens is 230 g/mol. The summed E-state index contributed by atoms with van der Waals surface area (Å²) in [4.78, 5) is 16.3. The lowest BCUT2D eigenvalue weighted by molar-refractivity contribution is -0.120. The molecule has 0 saturated carbocycles. The third kappa shape index (κ3) is 3.05. The SMILES string of the molecule is CCNC1COCC1C(=O)Nc1ccnc(C)c1. The maximum absolute atomic E-state index is 12.2. The van der Waals surface area contributed by atoms with Gasteiger partial charge < -0.3 is 15.4 Å². The predicted molar refractivity (Wildman–Crippen MR) is 69.4 cm³/mol. The maximum atomic E-state index is 12.2. The lowest BCUT2D eigenvalue weighted by atomic mass is 10.0. The van der Waals surface area contributed by atoms with Gasteiger partial charge in [-0.2, -0.15) is 0 Å². The van der Waals surface area contributed by atoms with E-state index < -0.39 is 0 Å². The zero-order valence-electron chi connectivity index (χ0n) is 10.8. The lowest BCUT2D eigenvalue weighted by Gasteiger charge is -2.17. The van der Waals surface area contributed by atoms with Gasteiger partial charge in [0.05, 0.1) is 19.1 Å². The zero-order chi connectivity index (χ0) is 13.0. The van der Waals surface area contributed by atoms with E-state index in [1.807, 2.05) is 19.9 Å². The molecule has 18 heavy (non-hydrogen) atoms. The third-order valence-electron chi connectivity index (χ3n) is 3.05. The Labute approximate surface area is 107 Å². The first kappa shape index (κ1) is 13.0. The number of pyridine rings is 1. The summed E-state index contributed by atoms with van der Waals surface area (Å²) in [6.45, 7) is 5.84. The molecule has 1 aliphatic rings. The van der Waals surface area contributed by atoms with Crippen LogP contribution in [0.4, 0.5) is 5.69 Å². The number of likely N-dealkylation sites (N-methyl/N-ethyl adjacent to an activating group) is 1. The Kier molecular flexibility index (Phi) is 4.28. The highest BCUT2D eigenvalue weighted by Gasteiger charge is 2.33. The van der Waals surface area contributed by atoms with Crippen molar-refractivity contribution >= 4 is 11.6 Å². The average Bonchev–Trinajstić information content (AvgIpc) is 2.78. The molecule has 0 spiro atoms. The predicted octanol–water partition coefficient (Wildman–Crippen LogP) is 0.953. The summed E-state index contributed by atoms with van der Waals surface area (Å²) in [6.07, 6.45) is 1.69. The molecule has 0 bridgehead atoms. The van der Waals surface area contributed by atoms with Crippen LogP contribution in [0, 0.1) is 12.8 Å².